The number of hydrogen-bond acceptors (Lipinski definition) is 3. The monoisotopic (exact) mass is 241 g/mol. The summed E-state index contributed by atoms with van der Waals surface area (Å²) in [4.78, 5) is 10.8. The first-order valence-electron chi connectivity index (χ1n) is 5.24. The molecule has 0 bridgehead atoms. The lowest BCUT2D eigenvalue weighted by molar-refractivity contribution is -0.140. The van der Waals surface area contributed by atoms with E-state index in [9.17, 15) is 4.79 Å². The van der Waals surface area contributed by atoms with Crippen LogP contribution >= 0.6 is 11.6 Å². The van der Waals surface area contributed by atoms with Gasteiger partial charge in [-0.1, -0.05) is 23.7 Å². The fourth-order valence-electron chi connectivity index (χ4n) is 1.30. The van der Waals surface area contributed by atoms with Crippen molar-refractivity contribution in [2.45, 2.75) is 12.8 Å². The van der Waals surface area contributed by atoms with Gasteiger partial charge in [0.1, 0.15) is 0 Å². The van der Waals surface area contributed by atoms with Gasteiger partial charge in [-0.2, -0.15) is 0 Å². The molecule has 1 aromatic rings. The van der Waals surface area contributed by atoms with Crippen LogP contribution in [0.2, 0.25) is 5.02 Å². The number of halogens is 1. The molecule has 0 aliphatic carbocycles. The summed E-state index contributed by atoms with van der Waals surface area (Å²) in [7, 11) is 1.40. The molecule has 0 heterocycles. The Morgan fingerprint density at radius 3 is 2.62 bits per heavy atom. The van der Waals surface area contributed by atoms with E-state index in [-0.39, 0.29) is 5.97 Å². The summed E-state index contributed by atoms with van der Waals surface area (Å²) in [5.74, 6) is -0.181. The van der Waals surface area contributed by atoms with Gasteiger partial charge in [0, 0.05) is 11.6 Å². The zero-order chi connectivity index (χ0) is 11.8. The summed E-state index contributed by atoms with van der Waals surface area (Å²) in [5, 5.41) is 3.93. The van der Waals surface area contributed by atoms with Crippen LogP contribution in [-0.4, -0.2) is 26.2 Å². The zero-order valence-corrected chi connectivity index (χ0v) is 10.1. The average molecular weight is 242 g/mol. The minimum absolute atomic E-state index is 0.181. The molecule has 1 aromatic carbocycles. The van der Waals surface area contributed by atoms with Gasteiger partial charge in [0.05, 0.1) is 13.5 Å². The Kier molecular flexibility index (Phi) is 5.90. The fraction of sp³-hybridized carbons (Fsp3) is 0.417. The van der Waals surface area contributed by atoms with Crippen molar-refractivity contribution in [3.8, 4) is 0 Å². The van der Waals surface area contributed by atoms with E-state index in [1.54, 1.807) is 0 Å². The Labute approximate surface area is 101 Å². The molecule has 4 heteroatoms. The van der Waals surface area contributed by atoms with Gasteiger partial charge in [-0.25, -0.2) is 0 Å². The van der Waals surface area contributed by atoms with E-state index in [1.165, 1.54) is 12.7 Å². The summed E-state index contributed by atoms with van der Waals surface area (Å²) < 4.78 is 4.53. The van der Waals surface area contributed by atoms with Crippen molar-refractivity contribution in [1.29, 1.82) is 0 Å². The first kappa shape index (κ1) is 13.0. The number of nitrogens with one attached hydrogen (secondary N) is 1. The molecule has 0 atom stereocenters. The molecule has 0 aromatic heterocycles. The molecule has 0 amide bonds. The predicted molar refractivity (Wildman–Crippen MR) is 64.7 cm³/mol. The maximum atomic E-state index is 10.8. The molecule has 0 saturated carbocycles. The van der Waals surface area contributed by atoms with E-state index in [0.717, 1.165) is 18.0 Å². The minimum atomic E-state index is -0.181. The lowest BCUT2D eigenvalue weighted by Crippen LogP contribution is -2.21. The molecular formula is C12H16ClNO2. The highest BCUT2D eigenvalue weighted by atomic mass is 35.5. The van der Waals surface area contributed by atoms with Crippen LogP contribution in [0, 0.1) is 0 Å². The van der Waals surface area contributed by atoms with Crippen molar-refractivity contribution in [3.05, 3.63) is 34.9 Å². The predicted octanol–water partition coefficient (Wildman–Crippen LogP) is 2.04. The number of rotatable bonds is 6. The third-order valence-corrected chi connectivity index (χ3v) is 2.49. The van der Waals surface area contributed by atoms with Crippen LogP contribution in [-0.2, 0) is 16.0 Å². The normalized spacial score (nSPS) is 10.1. The second-order valence-corrected chi connectivity index (χ2v) is 3.89. The summed E-state index contributed by atoms with van der Waals surface area (Å²) >= 11 is 5.78. The molecule has 0 radical (unpaired) electrons. The molecule has 1 N–H and O–H groups in total. The lowest BCUT2D eigenvalue weighted by Gasteiger charge is -2.04. The number of benzene rings is 1. The SMILES string of the molecule is COC(=O)CCNCCc1ccc(Cl)cc1. The third kappa shape index (κ3) is 5.14. The van der Waals surface area contributed by atoms with E-state index in [2.05, 4.69) is 10.1 Å². The highest BCUT2D eigenvalue weighted by Gasteiger charge is 1.98. The number of ether oxygens (including phenoxy) is 1. The molecule has 0 fully saturated rings. The Hall–Kier alpha value is -1.06. The maximum Gasteiger partial charge on any atom is 0.306 e. The van der Waals surface area contributed by atoms with Crippen LogP contribution in [0.5, 0.6) is 0 Å². The maximum absolute atomic E-state index is 10.8. The van der Waals surface area contributed by atoms with Crippen LogP contribution < -0.4 is 5.32 Å². The molecule has 3 nitrogen and oxygen atoms in total. The first-order valence-corrected chi connectivity index (χ1v) is 5.62. The highest BCUT2D eigenvalue weighted by molar-refractivity contribution is 6.30. The van der Waals surface area contributed by atoms with E-state index in [1.807, 2.05) is 24.3 Å². The Morgan fingerprint density at radius 2 is 2.00 bits per heavy atom. The smallest absolute Gasteiger partial charge is 0.306 e. The van der Waals surface area contributed by atoms with Gasteiger partial charge in [0.25, 0.3) is 0 Å². The standard InChI is InChI=1S/C12H16ClNO2/c1-16-12(15)7-9-14-8-6-10-2-4-11(13)5-3-10/h2-5,14H,6-9H2,1H3. The van der Waals surface area contributed by atoms with Gasteiger partial charge >= 0.3 is 5.97 Å². The van der Waals surface area contributed by atoms with Gasteiger partial charge in [0.15, 0.2) is 0 Å². The number of hydrogen-bond donors (Lipinski definition) is 1. The Bertz CT molecular complexity index is 324. The lowest BCUT2D eigenvalue weighted by atomic mass is 10.1. The van der Waals surface area contributed by atoms with E-state index < -0.39 is 0 Å². The van der Waals surface area contributed by atoms with Gasteiger partial charge in [-0.3, -0.25) is 4.79 Å². The van der Waals surface area contributed by atoms with Crippen molar-refractivity contribution < 1.29 is 9.53 Å². The van der Waals surface area contributed by atoms with E-state index in [0.29, 0.717) is 13.0 Å². The second-order valence-electron chi connectivity index (χ2n) is 3.45. The molecule has 0 aliphatic rings. The number of carbonyl (C=O) groups is 1. The van der Waals surface area contributed by atoms with Crippen LogP contribution in [0.3, 0.4) is 0 Å². The first-order chi connectivity index (χ1) is 7.72. The van der Waals surface area contributed by atoms with Crippen LogP contribution in [0.4, 0.5) is 0 Å². The largest absolute Gasteiger partial charge is 0.469 e. The summed E-state index contributed by atoms with van der Waals surface area (Å²) in [6.07, 6.45) is 1.34. The van der Waals surface area contributed by atoms with Gasteiger partial charge < -0.3 is 10.1 Å². The zero-order valence-electron chi connectivity index (χ0n) is 9.33. The second kappa shape index (κ2) is 7.25. The van der Waals surface area contributed by atoms with Crippen molar-refractivity contribution in [1.82, 2.24) is 5.32 Å². The van der Waals surface area contributed by atoms with Crippen LogP contribution in [0.25, 0.3) is 0 Å². The number of carbonyl (C=O) groups excluding carboxylic acids is 1. The molecular weight excluding hydrogens is 226 g/mol. The van der Waals surface area contributed by atoms with Gasteiger partial charge in [0.2, 0.25) is 0 Å². The summed E-state index contributed by atoms with van der Waals surface area (Å²) in [6, 6.07) is 7.77. The molecule has 0 unspecified atom stereocenters. The van der Waals surface area contributed by atoms with Crippen molar-refractivity contribution in [2.75, 3.05) is 20.2 Å². The number of methoxy groups -OCH3 is 1. The van der Waals surface area contributed by atoms with Crippen molar-refractivity contribution in [3.63, 3.8) is 0 Å². The van der Waals surface area contributed by atoms with Gasteiger partial charge in [-0.05, 0) is 30.7 Å². The number of esters is 1. The summed E-state index contributed by atoms with van der Waals surface area (Å²) in [5.41, 5.74) is 1.23. The van der Waals surface area contributed by atoms with Crippen molar-refractivity contribution in [2.24, 2.45) is 0 Å². The van der Waals surface area contributed by atoms with E-state index in [4.69, 9.17) is 11.6 Å². The Balaban J connectivity index is 2.11. The van der Waals surface area contributed by atoms with E-state index >= 15 is 0 Å². The molecule has 0 saturated heterocycles. The Morgan fingerprint density at radius 1 is 1.31 bits per heavy atom. The van der Waals surface area contributed by atoms with Crippen LogP contribution in [0.1, 0.15) is 12.0 Å². The quantitative estimate of drug-likeness (QED) is 0.612. The van der Waals surface area contributed by atoms with Crippen LogP contribution in [0.15, 0.2) is 24.3 Å². The molecule has 16 heavy (non-hydrogen) atoms. The third-order valence-electron chi connectivity index (χ3n) is 2.24. The molecule has 1 rings (SSSR count). The summed E-state index contributed by atoms with van der Waals surface area (Å²) in [6.45, 7) is 1.50. The average Bonchev–Trinajstić information content (AvgIpc) is 2.31. The highest BCUT2D eigenvalue weighted by Crippen LogP contribution is 2.09. The van der Waals surface area contributed by atoms with Gasteiger partial charge in [-0.15, -0.1) is 0 Å². The minimum Gasteiger partial charge on any atom is -0.469 e. The molecule has 88 valence electrons. The van der Waals surface area contributed by atoms with Crippen molar-refractivity contribution >= 4 is 17.6 Å². The topological polar surface area (TPSA) is 38.3 Å². The molecule has 0 aliphatic heterocycles. The molecule has 0 spiro atoms. The fourth-order valence-corrected chi connectivity index (χ4v) is 1.43.